The van der Waals surface area contributed by atoms with Gasteiger partial charge in [0.1, 0.15) is 6.04 Å². The number of carbonyl (C=O) groups excluding carboxylic acids is 2. The van der Waals surface area contributed by atoms with E-state index in [0.717, 1.165) is 5.69 Å². The molecule has 1 fully saturated rings. The number of anilines is 1. The first-order valence-corrected chi connectivity index (χ1v) is 8.29. The van der Waals surface area contributed by atoms with Gasteiger partial charge in [0.25, 0.3) is 0 Å². The van der Waals surface area contributed by atoms with E-state index in [1.807, 2.05) is 26.0 Å². The van der Waals surface area contributed by atoms with E-state index in [0.29, 0.717) is 19.0 Å². The molecule has 126 valence electrons. The van der Waals surface area contributed by atoms with E-state index >= 15 is 0 Å². The van der Waals surface area contributed by atoms with E-state index in [9.17, 15) is 9.59 Å². The first-order chi connectivity index (χ1) is 10.8. The summed E-state index contributed by atoms with van der Waals surface area (Å²) in [6, 6.07) is 7.55. The number of piperazine rings is 1. The largest absolute Gasteiger partial charge is 0.336 e. The van der Waals surface area contributed by atoms with Gasteiger partial charge in [0.2, 0.25) is 5.91 Å². The van der Waals surface area contributed by atoms with Crippen LogP contribution in [-0.2, 0) is 4.79 Å². The fourth-order valence-corrected chi connectivity index (χ4v) is 2.77. The van der Waals surface area contributed by atoms with Gasteiger partial charge in [-0.25, -0.2) is 4.79 Å². The van der Waals surface area contributed by atoms with Crippen LogP contribution in [0.4, 0.5) is 10.5 Å². The highest BCUT2D eigenvalue weighted by molar-refractivity contribution is 6.00. The molecule has 1 atom stereocenters. The molecule has 5 heteroatoms. The van der Waals surface area contributed by atoms with Gasteiger partial charge in [-0.05, 0) is 44.4 Å². The van der Waals surface area contributed by atoms with Crippen molar-refractivity contribution >= 4 is 17.6 Å². The summed E-state index contributed by atoms with van der Waals surface area (Å²) in [7, 11) is 0. The van der Waals surface area contributed by atoms with Gasteiger partial charge in [0.05, 0.1) is 0 Å². The van der Waals surface area contributed by atoms with E-state index in [1.54, 1.807) is 16.7 Å². The van der Waals surface area contributed by atoms with Gasteiger partial charge in [0, 0.05) is 24.8 Å². The predicted molar refractivity (Wildman–Crippen MR) is 92.7 cm³/mol. The molecule has 0 aliphatic carbocycles. The lowest BCUT2D eigenvalue weighted by molar-refractivity contribution is -0.124. The fourth-order valence-electron chi connectivity index (χ4n) is 2.77. The highest BCUT2D eigenvalue weighted by Gasteiger charge is 2.35. The Morgan fingerprint density at radius 2 is 1.74 bits per heavy atom. The number of urea groups is 1. The van der Waals surface area contributed by atoms with Crippen LogP contribution >= 0.6 is 0 Å². The molecule has 3 amide bonds. The second-order valence-corrected chi connectivity index (χ2v) is 6.71. The van der Waals surface area contributed by atoms with Crippen molar-refractivity contribution in [2.45, 2.75) is 52.6 Å². The molecule has 1 aromatic carbocycles. The molecule has 1 aliphatic heterocycles. The van der Waals surface area contributed by atoms with Crippen molar-refractivity contribution in [3.8, 4) is 0 Å². The predicted octanol–water partition coefficient (Wildman–Crippen LogP) is 2.97. The maximum atomic E-state index is 12.6. The molecule has 0 unspecified atom stereocenters. The normalized spacial score (nSPS) is 18.7. The Morgan fingerprint density at radius 1 is 1.13 bits per heavy atom. The lowest BCUT2D eigenvalue weighted by atomic mass is 10.0. The number of hydrogen-bond donors (Lipinski definition) is 1. The highest BCUT2D eigenvalue weighted by Crippen LogP contribution is 2.23. The molecule has 2 rings (SSSR count). The summed E-state index contributed by atoms with van der Waals surface area (Å²) in [5.41, 5.74) is 2.15. The third-order valence-corrected chi connectivity index (χ3v) is 4.20. The van der Waals surface area contributed by atoms with E-state index in [-0.39, 0.29) is 18.0 Å². The van der Waals surface area contributed by atoms with Gasteiger partial charge in [0.15, 0.2) is 0 Å². The zero-order valence-electron chi connectivity index (χ0n) is 14.7. The third-order valence-electron chi connectivity index (χ3n) is 4.20. The minimum atomic E-state index is -0.452. The summed E-state index contributed by atoms with van der Waals surface area (Å²) in [4.78, 5) is 28.2. The van der Waals surface area contributed by atoms with E-state index in [4.69, 9.17) is 0 Å². The number of rotatable bonds is 3. The standard InChI is InChI=1S/C18H27N3O2/c1-12(2)15-6-8-16(9-7-15)21-11-10-20(14(5)17(21)22)18(23)19-13(3)4/h6-9,12-14H,10-11H2,1-5H3,(H,19,23)/t14-/m0/s1. The third kappa shape index (κ3) is 3.84. The van der Waals surface area contributed by atoms with Crippen LogP contribution in [0.1, 0.15) is 46.1 Å². The summed E-state index contributed by atoms with van der Waals surface area (Å²) in [6.45, 7) is 11.0. The molecule has 1 heterocycles. The molecule has 5 nitrogen and oxygen atoms in total. The zero-order chi connectivity index (χ0) is 17.1. The number of hydrogen-bond acceptors (Lipinski definition) is 2. The Bertz CT molecular complexity index is 566. The van der Waals surface area contributed by atoms with Crippen LogP contribution < -0.4 is 10.2 Å². The van der Waals surface area contributed by atoms with E-state index in [2.05, 4.69) is 31.3 Å². The van der Waals surface area contributed by atoms with Crippen molar-refractivity contribution < 1.29 is 9.59 Å². The SMILES string of the molecule is CC(C)NC(=O)N1CCN(c2ccc(C(C)C)cc2)C(=O)[C@@H]1C. The zero-order valence-corrected chi connectivity index (χ0v) is 14.7. The first-order valence-electron chi connectivity index (χ1n) is 8.29. The Hall–Kier alpha value is -2.04. The summed E-state index contributed by atoms with van der Waals surface area (Å²) in [6.07, 6.45) is 0. The van der Waals surface area contributed by atoms with Gasteiger partial charge in [-0.1, -0.05) is 26.0 Å². The van der Waals surface area contributed by atoms with Crippen molar-refractivity contribution in [3.05, 3.63) is 29.8 Å². The average molecular weight is 317 g/mol. The molecule has 0 aromatic heterocycles. The Labute approximate surface area is 138 Å². The molecule has 0 saturated carbocycles. The molecule has 1 N–H and O–H groups in total. The van der Waals surface area contributed by atoms with Crippen molar-refractivity contribution in [1.82, 2.24) is 10.2 Å². The summed E-state index contributed by atoms with van der Waals surface area (Å²) >= 11 is 0. The molecular formula is C18H27N3O2. The lowest BCUT2D eigenvalue weighted by Gasteiger charge is -2.39. The minimum Gasteiger partial charge on any atom is -0.336 e. The second-order valence-electron chi connectivity index (χ2n) is 6.71. The molecule has 0 radical (unpaired) electrons. The smallest absolute Gasteiger partial charge is 0.318 e. The molecule has 23 heavy (non-hydrogen) atoms. The number of carbonyl (C=O) groups is 2. The van der Waals surface area contributed by atoms with Crippen molar-refractivity contribution in [2.75, 3.05) is 18.0 Å². The quantitative estimate of drug-likeness (QED) is 0.932. The number of benzene rings is 1. The van der Waals surface area contributed by atoms with Crippen LogP contribution in [0.5, 0.6) is 0 Å². The second kappa shape index (κ2) is 7.02. The van der Waals surface area contributed by atoms with Crippen molar-refractivity contribution in [1.29, 1.82) is 0 Å². The summed E-state index contributed by atoms with van der Waals surface area (Å²) in [5.74, 6) is 0.433. The Kier molecular flexibility index (Phi) is 5.29. The maximum absolute atomic E-state index is 12.6. The molecule has 1 aromatic rings. The van der Waals surface area contributed by atoms with Crippen LogP contribution in [0, 0.1) is 0 Å². The molecule has 1 saturated heterocycles. The maximum Gasteiger partial charge on any atom is 0.318 e. The average Bonchev–Trinajstić information content (AvgIpc) is 2.49. The van der Waals surface area contributed by atoms with E-state index < -0.39 is 6.04 Å². The topological polar surface area (TPSA) is 52.7 Å². The van der Waals surface area contributed by atoms with Gasteiger partial charge < -0.3 is 15.1 Å². The molecule has 0 spiro atoms. The van der Waals surface area contributed by atoms with Gasteiger partial charge >= 0.3 is 6.03 Å². The molecule has 0 bridgehead atoms. The van der Waals surface area contributed by atoms with Crippen LogP contribution in [0.25, 0.3) is 0 Å². The monoisotopic (exact) mass is 317 g/mol. The van der Waals surface area contributed by atoms with Gasteiger partial charge in [-0.2, -0.15) is 0 Å². The number of nitrogens with one attached hydrogen (secondary N) is 1. The van der Waals surface area contributed by atoms with Crippen LogP contribution in [0.3, 0.4) is 0 Å². The first kappa shape index (κ1) is 17.3. The number of nitrogens with zero attached hydrogens (tertiary/aromatic N) is 2. The summed E-state index contributed by atoms with van der Waals surface area (Å²) < 4.78 is 0. The van der Waals surface area contributed by atoms with Crippen molar-refractivity contribution in [3.63, 3.8) is 0 Å². The van der Waals surface area contributed by atoms with Crippen LogP contribution in [0.15, 0.2) is 24.3 Å². The van der Waals surface area contributed by atoms with Gasteiger partial charge in [-0.15, -0.1) is 0 Å². The molecule has 1 aliphatic rings. The van der Waals surface area contributed by atoms with Crippen molar-refractivity contribution in [2.24, 2.45) is 0 Å². The minimum absolute atomic E-state index is 0.0348. The Morgan fingerprint density at radius 3 is 2.26 bits per heavy atom. The van der Waals surface area contributed by atoms with Gasteiger partial charge in [-0.3, -0.25) is 4.79 Å². The fraction of sp³-hybridized carbons (Fsp3) is 0.556. The van der Waals surface area contributed by atoms with Crippen LogP contribution in [-0.4, -0.2) is 42.0 Å². The summed E-state index contributed by atoms with van der Waals surface area (Å²) in [5, 5.41) is 2.85. The van der Waals surface area contributed by atoms with Crippen LogP contribution in [0.2, 0.25) is 0 Å². The lowest BCUT2D eigenvalue weighted by Crippen LogP contribution is -2.60. The Balaban J connectivity index is 2.10. The van der Waals surface area contributed by atoms with E-state index in [1.165, 1.54) is 5.56 Å². The number of amides is 3. The highest BCUT2D eigenvalue weighted by atomic mass is 16.2. The molecular weight excluding hydrogens is 290 g/mol.